The molecule has 0 saturated carbocycles. The summed E-state index contributed by atoms with van der Waals surface area (Å²) in [5.41, 5.74) is 7.11. The maximum atomic E-state index is 7.26. The minimum Gasteiger partial charge on any atom is -0.415 e. The van der Waals surface area contributed by atoms with Gasteiger partial charge in [0.05, 0.1) is 24.9 Å². The third-order valence-electron chi connectivity index (χ3n) is 11.1. The van der Waals surface area contributed by atoms with Gasteiger partial charge in [-0.25, -0.2) is 0 Å². The SMILES string of the molecule is CCCCCCCCCCCCCC[C@@H](O[Si](C)(C)C(C)(C)C)[C@@H](O[Si](C)(C)C(C)(C)C)[C@@H](N)CO[Si](C)(C)C(C)(C)C. The van der Waals surface area contributed by atoms with Crippen LogP contribution in [0.15, 0.2) is 0 Å². The van der Waals surface area contributed by atoms with E-state index >= 15 is 0 Å². The summed E-state index contributed by atoms with van der Waals surface area (Å²) in [4.78, 5) is 0. The molecule has 260 valence electrons. The number of hydrogen-bond donors (Lipinski definition) is 1. The predicted octanol–water partition coefficient (Wildman–Crippen LogP) is 12.2. The Hall–Kier alpha value is 0.491. The summed E-state index contributed by atoms with van der Waals surface area (Å²) in [5, 5.41) is 0.377. The topological polar surface area (TPSA) is 53.7 Å². The zero-order valence-corrected chi connectivity index (χ0v) is 35.4. The van der Waals surface area contributed by atoms with Gasteiger partial charge in [-0.1, -0.05) is 146 Å². The summed E-state index contributed by atoms with van der Waals surface area (Å²) < 4.78 is 21.2. The van der Waals surface area contributed by atoms with Crippen molar-refractivity contribution in [3.05, 3.63) is 0 Å². The highest BCUT2D eigenvalue weighted by atomic mass is 28.4. The zero-order chi connectivity index (χ0) is 33.8. The molecule has 2 N–H and O–H groups in total. The van der Waals surface area contributed by atoms with Crippen molar-refractivity contribution in [1.82, 2.24) is 0 Å². The highest BCUT2D eigenvalue weighted by Crippen LogP contribution is 2.42. The van der Waals surface area contributed by atoms with Crippen molar-refractivity contribution < 1.29 is 13.3 Å². The summed E-state index contributed by atoms with van der Waals surface area (Å²) >= 11 is 0. The van der Waals surface area contributed by atoms with Crippen LogP contribution in [0.3, 0.4) is 0 Å². The molecule has 0 saturated heterocycles. The molecule has 0 fully saturated rings. The van der Waals surface area contributed by atoms with Crippen molar-refractivity contribution in [2.75, 3.05) is 6.61 Å². The van der Waals surface area contributed by atoms with E-state index in [2.05, 4.69) is 109 Å². The van der Waals surface area contributed by atoms with E-state index in [1.54, 1.807) is 0 Å². The lowest BCUT2D eigenvalue weighted by Gasteiger charge is -2.47. The van der Waals surface area contributed by atoms with E-state index in [9.17, 15) is 0 Å². The van der Waals surface area contributed by atoms with Gasteiger partial charge in [0.25, 0.3) is 0 Å². The molecule has 3 atom stereocenters. The molecule has 0 aromatic rings. The Kier molecular flexibility index (Phi) is 18.9. The first kappa shape index (κ1) is 43.5. The Morgan fingerprint density at radius 2 is 0.860 bits per heavy atom. The molecule has 0 bridgehead atoms. The molecule has 43 heavy (non-hydrogen) atoms. The van der Waals surface area contributed by atoms with Gasteiger partial charge in [0.2, 0.25) is 0 Å². The minimum atomic E-state index is -2.10. The van der Waals surface area contributed by atoms with Gasteiger partial charge in [0.15, 0.2) is 25.0 Å². The van der Waals surface area contributed by atoms with Crippen LogP contribution in [0.25, 0.3) is 0 Å². The molecule has 0 heterocycles. The number of unbranched alkanes of at least 4 members (excludes halogenated alkanes) is 11. The maximum absolute atomic E-state index is 7.26. The second-order valence-corrected chi connectivity index (χ2v) is 32.5. The quantitative estimate of drug-likeness (QED) is 0.0928. The molecule has 0 amide bonds. The first-order valence-corrected chi connectivity index (χ1v) is 26.9. The first-order chi connectivity index (χ1) is 19.4. The third-order valence-corrected chi connectivity index (χ3v) is 24.5. The second kappa shape index (κ2) is 18.7. The average Bonchev–Trinajstić information content (AvgIpc) is 2.83. The third kappa shape index (κ3) is 16.2. The molecule has 4 nitrogen and oxygen atoms in total. The van der Waals surface area contributed by atoms with Crippen LogP contribution in [0.2, 0.25) is 54.4 Å². The van der Waals surface area contributed by atoms with Crippen molar-refractivity contribution in [3.63, 3.8) is 0 Å². The largest absolute Gasteiger partial charge is 0.415 e. The Morgan fingerprint density at radius 3 is 1.23 bits per heavy atom. The van der Waals surface area contributed by atoms with Gasteiger partial charge >= 0.3 is 0 Å². The number of nitrogens with two attached hydrogens (primary N) is 1. The predicted molar refractivity (Wildman–Crippen MR) is 201 cm³/mol. The van der Waals surface area contributed by atoms with E-state index in [1.165, 1.54) is 77.0 Å². The molecule has 0 aliphatic rings. The van der Waals surface area contributed by atoms with Gasteiger partial charge in [-0.15, -0.1) is 0 Å². The van der Waals surface area contributed by atoms with Crippen molar-refractivity contribution in [3.8, 4) is 0 Å². The van der Waals surface area contributed by atoms with Crippen LogP contribution in [-0.4, -0.2) is 49.8 Å². The lowest BCUT2D eigenvalue weighted by Crippen LogP contribution is -2.59. The smallest absolute Gasteiger partial charge is 0.192 e. The van der Waals surface area contributed by atoms with Crippen LogP contribution in [0.5, 0.6) is 0 Å². The molecule has 0 radical (unpaired) electrons. The molecule has 0 spiro atoms. The van der Waals surface area contributed by atoms with Gasteiger partial charge in [-0.2, -0.15) is 0 Å². The van der Waals surface area contributed by atoms with Gasteiger partial charge in [0, 0.05) is 0 Å². The highest BCUT2D eigenvalue weighted by Gasteiger charge is 2.46. The first-order valence-electron chi connectivity index (χ1n) is 18.1. The van der Waals surface area contributed by atoms with Gasteiger partial charge in [0.1, 0.15) is 0 Å². The van der Waals surface area contributed by atoms with Crippen molar-refractivity contribution >= 4 is 25.0 Å². The van der Waals surface area contributed by atoms with Crippen LogP contribution >= 0.6 is 0 Å². The molecule has 0 aliphatic heterocycles. The molecule has 0 unspecified atom stereocenters. The molecular weight excluding hydrogens is 579 g/mol. The Bertz CT molecular complexity index is 735. The molecular formula is C36H81NO3Si3. The normalized spacial score (nSPS) is 16.4. The molecule has 0 aliphatic carbocycles. The molecule has 0 aromatic heterocycles. The number of hydrogen-bond acceptors (Lipinski definition) is 4. The number of rotatable bonds is 22. The van der Waals surface area contributed by atoms with Crippen LogP contribution < -0.4 is 5.73 Å². The highest BCUT2D eigenvalue weighted by molar-refractivity contribution is 6.75. The fourth-order valence-corrected chi connectivity index (χ4v) is 8.37. The van der Waals surface area contributed by atoms with Crippen LogP contribution in [-0.2, 0) is 13.3 Å². The van der Waals surface area contributed by atoms with E-state index in [0.29, 0.717) is 6.61 Å². The van der Waals surface area contributed by atoms with Crippen molar-refractivity contribution in [2.45, 2.75) is 225 Å². The summed E-state index contributed by atoms with van der Waals surface area (Å²) in [6.45, 7) is 37.8. The molecule has 0 aromatic carbocycles. The van der Waals surface area contributed by atoms with Gasteiger partial charge in [-0.05, 0) is 60.8 Å². The maximum Gasteiger partial charge on any atom is 0.192 e. The summed E-state index contributed by atoms with van der Waals surface area (Å²) in [6, 6.07) is -0.213. The molecule has 0 rings (SSSR count). The van der Waals surface area contributed by atoms with E-state index in [-0.39, 0.29) is 33.4 Å². The molecule has 7 heteroatoms. The summed E-state index contributed by atoms with van der Waals surface area (Å²) in [7, 11) is -6.08. The Morgan fingerprint density at radius 1 is 0.512 bits per heavy atom. The van der Waals surface area contributed by atoms with Crippen LogP contribution in [0.4, 0.5) is 0 Å². The lowest BCUT2D eigenvalue weighted by atomic mass is 10.00. The van der Waals surface area contributed by atoms with E-state index in [0.717, 1.165) is 6.42 Å². The fraction of sp³-hybridized carbons (Fsp3) is 1.00. The van der Waals surface area contributed by atoms with E-state index in [1.807, 2.05) is 0 Å². The average molecular weight is 660 g/mol. The minimum absolute atomic E-state index is 0.00356. The summed E-state index contributed by atoms with van der Waals surface area (Å²) in [6.07, 6.45) is 17.1. The van der Waals surface area contributed by atoms with E-state index in [4.69, 9.17) is 19.0 Å². The Balaban J connectivity index is 5.68. The van der Waals surface area contributed by atoms with Crippen molar-refractivity contribution in [1.29, 1.82) is 0 Å². The van der Waals surface area contributed by atoms with Crippen LogP contribution in [0, 0.1) is 0 Å². The van der Waals surface area contributed by atoms with Crippen molar-refractivity contribution in [2.24, 2.45) is 5.73 Å². The summed E-state index contributed by atoms with van der Waals surface area (Å²) in [5.74, 6) is 0. The van der Waals surface area contributed by atoms with Gasteiger partial charge < -0.3 is 19.0 Å². The Labute approximate surface area is 275 Å². The van der Waals surface area contributed by atoms with Gasteiger partial charge in [-0.3, -0.25) is 0 Å². The standard InChI is InChI=1S/C36H81NO3Si3/c1-17-18-19-20-21-22-23-24-25-26-27-28-29-32(39-42(13,14)35(5,6)7)33(40-43(15,16)36(8,9)10)31(37)30-38-41(11,12)34(2,3)4/h31-33H,17-30,37H2,1-16H3/t31-,32+,33-/m0/s1. The van der Waals surface area contributed by atoms with E-state index < -0.39 is 25.0 Å². The second-order valence-electron chi connectivity index (χ2n) is 18.2. The van der Waals surface area contributed by atoms with Crippen LogP contribution in [0.1, 0.15) is 153 Å². The zero-order valence-electron chi connectivity index (χ0n) is 32.4. The fourth-order valence-electron chi connectivity index (χ4n) is 4.60. The lowest BCUT2D eigenvalue weighted by molar-refractivity contribution is 0.00372. The monoisotopic (exact) mass is 660 g/mol.